The maximum absolute atomic E-state index is 12.9. The summed E-state index contributed by atoms with van der Waals surface area (Å²) in [6.07, 6.45) is 0.613. The summed E-state index contributed by atoms with van der Waals surface area (Å²) in [6.45, 7) is 18.8. The smallest absolute Gasteiger partial charge is 0.303 e. The lowest BCUT2D eigenvalue weighted by molar-refractivity contribution is -0.139. The van der Waals surface area contributed by atoms with Crippen molar-refractivity contribution >= 4 is 35.5 Å². The maximum atomic E-state index is 12.9. The van der Waals surface area contributed by atoms with Gasteiger partial charge in [-0.2, -0.15) is 11.8 Å². The van der Waals surface area contributed by atoms with Crippen molar-refractivity contribution in [2.45, 2.75) is 106 Å². The number of carboxylic acid groups (broad SMARTS) is 1. The Morgan fingerprint density at radius 1 is 0.889 bits per heavy atom. The molecule has 0 aromatic carbocycles. The van der Waals surface area contributed by atoms with Crippen LogP contribution in [0, 0.1) is 10.8 Å². The molecule has 0 aliphatic rings. The second-order valence-electron chi connectivity index (χ2n) is 12.4. The Balaban J connectivity index is 4.75. The monoisotopic (exact) mass is 531 g/mol. The number of ether oxygens (including phenoxy) is 1. The van der Waals surface area contributed by atoms with Gasteiger partial charge in [-0.05, 0) is 43.8 Å². The molecule has 0 aromatic heterocycles. The molecular weight excluding hydrogens is 482 g/mol. The average molecular weight is 532 g/mol. The zero-order valence-electron chi connectivity index (χ0n) is 23.7. The van der Waals surface area contributed by atoms with Crippen molar-refractivity contribution in [3.8, 4) is 0 Å². The van der Waals surface area contributed by atoms with E-state index in [0.717, 1.165) is 5.75 Å². The molecule has 0 radical (unpaired) electrons. The van der Waals surface area contributed by atoms with Crippen LogP contribution in [-0.2, 0) is 23.9 Å². The number of nitrogens with one attached hydrogen (secondary N) is 3. The van der Waals surface area contributed by atoms with Crippen LogP contribution >= 0.6 is 11.8 Å². The Labute approximate surface area is 221 Å². The summed E-state index contributed by atoms with van der Waals surface area (Å²) in [5, 5.41) is 17.3. The number of amides is 3. The average Bonchev–Trinajstić information content (AvgIpc) is 2.67. The Kier molecular flexibility index (Phi) is 14.7. The number of hydrogen-bond donors (Lipinski definition) is 4. The van der Waals surface area contributed by atoms with Gasteiger partial charge in [-0.15, -0.1) is 0 Å². The van der Waals surface area contributed by atoms with Crippen molar-refractivity contribution in [2.75, 3.05) is 24.7 Å². The highest BCUT2D eigenvalue weighted by Crippen LogP contribution is 2.21. The lowest BCUT2D eigenvalue weighted by Gasteiger charge is -2.28. The van der Waals surface area contributed by atoms with E-state index in [2.05, 4.69) is 36.7 Å². The fourth-order valence-corrected chi connectivity index (χ4v) is 4.21. The van der Waals surface area contributed by atoms with Crippen molar-refractivity contribution in [3.63, 3.8) is 0 Å². The van der Waals surface area contributed by atoms with Gasteiger partial charge in [0.2, 0.25) is 17.7 Å². The van der Waals surface area contributed by atoms with Crippen LogP contribution < -0.4 is 16.0 Å². The number of rotatable bonds is 16. The molecule has 0 saturated carbocycles. The summed E-state index contributed by atoms with van der Waals surface area (Å²) in [6, 6.07) is -1.08. The highest BCUT2D eigenvalue weighted by molar-refractivity contribution is 7.99. The van der Waals surface area contributed by atoms with E-state index in [9.17, 15) is 19.2 Å². The molecule has 10 heteroatoms. The van der Waals surface area contributed by atoms with Crippen molar-refractivity contribution < 1.29 is 29.0 Å². The second kappa shape index (κ2) is 15.4. The van der Waals surface area contributed by atoms with E-state index in [1.54, 1.807) is 11.8 Å². The molecule has 0 rings (SSSR count). The van der Waals surface area contributed by atoms with Gasteiger partial charge in [0.15, 0.2) is 0 Å². The predicted octanol–water partition coefficient (Wildman–Crippen LogP) is 3.36. The molecule has 0 bridgehead atoms. The molecule has 0 fully saturated rings. The summed E-state index contributed by atoms with van der Waals surface area (Å²) >= 11 is 1.56. The van der Waals surface area contributed by atoms with Crippen LogP contribution in [0.1, 0.15) is 88.0 Å². The molecular formula is C26H49N3O6S. The minimum atomic E-state index is -1.06. The van der Waals surface area contributed by atoms with Crippen molar-refractivity contribution in [1.82, 2.24) is 16.0 Å². The molecule has 0 aliphatic heterocycles. The molecule has 2 atom stereocenters. The van der Waals surface area contributed by atoms with E-state index < -0.39 is 23.5 Å². The SMILES string of the molecule is CC(COC(C)(C)CCNC(=O)CC(C)(C)C)NC(=O)[C@H](CSCC(C)(C)C)NC(=O)CCC(=O)O. The van der Waals surface area contributed by atoms with Gasteiger partial charge in [-0.25, -0.2) is 0 Å². The number of carbonyl (C=O) groups excluding carboxylic acids is 3. The van der Waals surface area contributed by atoms with Crippen molar-refractivity contribution in [3.05, 3.63) is 0 Å². The molecule has 1 unspecified atom stereocenters. The Morgan fingerprint density at radius 3 is 2.03 bits per heavy atom. The zero-order valence-corrected chi connectivity index (χ0v) is 24.5. The molecule has 9 nitrogen and oxygen atoms in total. The lowest BCUT2D eigenvalue weighted by atomic mass is 9.92. The number of hydrogen-bond acceptors (Lipinski definition) is 6. The fourth-order valence-electron chi connectivity index (χ4n) is 3.01. The van der Waals surface area contributed by atoms with Crippen molar-refractivity contribution in [2.24, 2.45) is 10.8 Å². The van der Waals surface area contributed by atoms with Gasteiger partial charge in [-0.3, -0.25) is 19.2 Å². The van der Waals surface area contributed by atoms with Crippen LogP contribution in [-0.4, -0.2) is 71.1 Å². The molecule has 0 saturated heterocycles. The number of carboxylic acids is 1. The number of aliphatic carboxylic acids is 1. The molecule has 210 valence electrons. The zero-order chi connectivity index (χ0) is 28.2. The molecule has 4 N–H and O–H groups in total. The van der Waals surface area contributed by atoms with Crippen LogP contribution in [0.25, 0.3) is 0 Å². The summed E-state index contributed by atoms with van der Waals surface area (Å²) < 4.78 is 6.00. The quantitative estimate of drug-likeness (QED) is 0.240. The Hall–Kier alpha value is -1.81. The third-order valence-corrected chi connectivity index (χ3v) is 6.53. The Morgan fingerprint density at radius 2 is 1.50 bits per heavy atom. The van der Waals surface area contributed by atoms with E-state index in [0.29, 0.717) is 25.1 Å². The highest BCUT2D eigenvalue weighted by atomic mass is 32.2. The van der Waals surface area contributed by atoms with Gasteiger partial charge in [0.25, 0.3) is 0 Å². The molecule has 0 heterocycles. The standard InChI is InChI=1S/C26H49N3O6S/c1-18(15-35-26(8,9)12-13-27-21(31)14-24(2,3)4)28-23(34)19(16-36-17-25(5,6)7)29-20(30)10-11-22(32)33/h18-19H,10-17H2,1-9H3,(H,27,31)(H,28,34)(H,29,30)(H,32,33)/t18?,19-/m0/s1. The number of carbonyl (C=O) groups is 4. The number of thioether (sulfide) groups is 1. The van der Waals surface area contributed by atoms with E-state index in [-0.39, 0.29) is 48.1 Å². The van der Waals surface area contributed by atoms with Crippen molar-refractivity contribution in [1.29, 1.82) is 0 Å². The second-order valence-corrected chi connectivity index (χ2v) is 13.4. The first-order chi connectivity index (χ1) is 16.3. The van der Waals surface area contributed by atoms with Crippen LogP contribution in [0.2, 0.25) is 0 Å². The molecule has 36 heavy (non-hydrogen) atoms. The maximum Gasteiger partial charge on any atom is 0.303 e. The van der Waals surface area contributed by atoms with Crippen LogP contribution in [0.15, 0.2) is 0 Å². The highest BCUT2D eigenvalue weighted by Gasteiger charge is 2.25. The van der Waals surface area contributed by atoms with Crippen LogP contribution in [0.4, 0.5) is 0 Å². The largest absolute Gasteiger partial charge is 0.481 e. The van der Waals surface area contributed by atoms with Crippen LogP contribution in [0.5, 0.6) is 0 Å². The Bertz CT molecular complexity index is 728. The van der Waals surface area contributed by atoms with E-state index >= 15 is 0 Å². The fraction of sp³-hybridized carbons (Fsp3) is 0.846. The van der Waals surface area contributed by atoms with E-state index in [1.165, 1.54) is 0 Å². The minimum absolute atomic E-state index is 0.0136. The van der Waals surface area contributed by atoms with E-state index in [4.69, 9.17) is 9.84 Å². The third-order valence-electron chi connectivity index (χ3n) is 4.89. The lowest BCUT2D eigenvalue weighted by Crippen LogP contribution is -2.51. The van der Waals surface area contributed by atoms with Gasteiger partial charge >= 0.3 is 5.97 Å². The minimum Gasteiger partial charge on any atom is -0.481 e. The first-order valence-electron chi connectivity index (χ1n) is 12.6. The summed E-state index contributed by atoms with van der Waals surface area (Å²) in [5.74, 6) is -0.651. The molecule has 0 aliphatic carbocycles. The first kappa shape index (κ1) is 34.2. The third kappa shape index (κ3) is 19.4. The normalized spacial score (nSPS) is 14.0. The van der Waals surface area contributed by atoms with Crippen LogP contribution in [0.3, 0.4) is 0 Å². The molecule has 3 amide bonds. The van der Waals surface area contributed by atoms with Gasteiger partial charge < -0.3 is 25.8 Å². The topological polar surface area (TPSA) is 134 Å². The van der Waals surface area contributed by atoms with Gasteiger partial charge in [0.1, 0.15) is 6.04 Å². The van der Waals surface area contributed by atoms with Gasteiger partial charge in [0.05, 0.1) is 18.6 Å². The molecule has 0 spiro atoms. The summed E-state index contributed by atoms with van der Waals surface area (Å²) in [7, 11) is 0. The molecule has 0 aromatic rings. The van der Waals surface area contributed by atoms with E-state index in [1.807, 2.05) is 41.5 Å². The van der Waals surface area contributed by atoms with Gasteiger partial charge in [0, 0.05) is 31.2 Å². The first-order valence-corrected chi connectivity index (χ1v) is 13.7. The predicted molar refractivity (Wildman–Crippen MR) is 145 cm³/mol. The van der Waals surface area contributed by atoms with Gasteiger partial charge in [-0.1, -0.05) is 41.5 Å². The summed E-state index contributed by atoms with van der Waals surface area (Å²) in [4.78, 5) is 47.9. The summed E-state index contributed by atoms with van der Waals surface area (Å²) in [5.41, 5.74) is -0.498.